The number of ether oxygens (including phenoxy) is 2. The van der Waals surface area contributed by atoms with E-state index in [0.29, 0.717) is 19.7 Å². The van der Waals surface area contributed by atoms with Crippen molar-refractivity contribution in [3.05, 3.63) is 0 Å². The van der Waals surface area contributed by atoms with E-state index in [4.69, 9.17) is 9.47 Å². The molecule has 6 heteroatoms. The molecule has 0 bridgehead atoms. The number of rotatable bonds is 6. The molecule has 2 unspecified atom stereocenters. The highest BCUT2D eigenvalue weighted by molar-refractivity contribution is 4.86. The standard InChI is InChI=1S/C11H22F2N2O2/c1-9(10(2)17-4)15-6-5-14(7-8-16-3)11(15,12)13/h9-10H,5-8H2,1-4H3. The smallest absolute Gasteiger partial charge is 0.370 e. The molecule has 1 rings (SSSR count). The Morgan fingerprint density at radius 2 is 1.88 bits per heavy atom. The van der Waals surface area contributed by atoms with Crippen molar-refractivity contribution in [1.82, 2.24) is 9.80 Å². The first kappa shape index (κ1) is 14.8. The van der Waals surface area contributed by atoms with Gasteiger partial charge in [-0.15, -0.1) is 0 Å². The molecule has 1 fully saturated rings. The van der Waals surface area contributed by atoms with E-state index in [1.165, 1.54) is 19.1 Å². The summed E-state index contributed by atoms with van der Waals surface area (Å²) in [5.74, 6) is 0. The van der Waals surface area contributed by atoms with Crippen molar-refractivity contribution in [2.45, 2.75) is 32.2 Å². The second-order valence-electron chi connectivity index (χ2n) is 4.36. The lowest BCUT2D eigenvalue weighted by atomic mass is 10.2. The maximum Gasteiger partial charge on any atom is 0.370 e. The Hall–Kier alpha value is -0.300. The molecular formula is C11H22F2N2O2. The van der Waals surface area contributed by atoms with Gasteiger partial charge in [0.1, 0.15) is 0 Å². The lowest BCUT2D eigenvalue weighted by Crippen LogP contribution is -2.53. The quantitative estimate of drug-likeness (QED) is 0.664. The third-order valence-electron chi connectivity index (χ3n) is 3.44. The molecule has 0 amide bonds. The molecule has 0 radical (unpaired) electrons. The van der Waals surface area contributed by atoms with Crippen LogP contribution in [0.3, 0.4) is 0 Å². The van der Waals surface area contributed by atoms with E-state index in [1.54, 1.807) is 13.8 Å². The van der Waals surface area contributed by atoms with E-state index in [9.17, 15) is 8.78 Å². The predicted molar refractivity (Wildman–Crippen MR) is 61.0 cm³/mol. The van der Waals surface area contributed by atoms with Gasteiger partial charge < -0.3 is 9.47 Å². The van der Waals surface area contributed by atoms with E-state index in [2.05, 4.69) is 0 Å². The summed E-state index contributed by atoms with van der Waals surface area (Å²) in [6.45, 7) is 4.84. The number of halogens is 2. The van der Waals surface area contributed by atoms with Crippen LogP contribution in [0.25, 0.3) is 0 Å². The lowest BCUT2D eigenvalue weighted by molar-refractivity contribution is -0.230. The van der Waals surface area contributed by atoms with Gasteiger partial charge in [0.25, 0.3) is 0 Å². The van der Waals surface area contributed by atoms with Crippen LogP contribution in [0.2, 0.25) is 0 Å². The monoisotopic (exact) mass is 252 g/mol. The van der Waals surface area contributed by atoms with Crippen LogP contribution in [0.4, 0.5) is 8.78 Å². The summed E-state index contributed by atoms with van der Waals surface area (Å²) in [6, 6.07) is -0.317. The van der Waals surface area contributed by atoms with E-state index in [-0.39, 0.29) is 18.7 Å². The summed E-state index contributed by atoms with van der Waals surface area (Å²) in [5.41, 5.74) is 0. The molecule has 0 aromatic heterocycles. The second-order valence-corrected chi connectivity index (χ2v) is 4.36. The largest absolute Gasteiger partial charge is 0.383 e. The van der Waals surface area contributed by atoms with E-state index in [0.717, 1.165) is 4.90 Å². The Morgan fingerprint density at radius 3 is 2.41 bits per heavy atom. The van der Waals surface area contributed by atoms with E-state index >= 15 is 0 Å². The Balaban J connectivity index is 2.64. The molecule has 4 nitrogen and oxygen atoms in total. The first-order valence-corrected chi connectivity index (χ1v) is 5.86. The molecule has 0 aromatic carbocycles. The van der Waals surface area contributed by atoms with Crippen molar-refractivity contribution in [2.75, 3.05) is 40.5 Å². The minimum Gasteiger partial charge on any atom is -0.383 e. The van der Waals surface area contributed by atoms with Crippen molar-refractivity contribution in [3.63, 3.8) is 0 Å². The topological polar surface area (TPSA) is 24.9 Å². The molecule has 1 heterocycles. The molecule has 1 saturated heterocycles. The molecule has 17 heavy (non-hydrogen) atoms. The van der Waals surface area contributed by atoms with Crippen molar-refractivity contribution in [3.8, 4) is 0 Å². The lowest BCUT2D eigenvalue weighted by Gasteiger charge is -2.35. The molecule has 0 spiro atoms. The third kappa shape index (κ3) is 3.13. The fraction of sp³-hybridized carbons (Fsp3) is 1.00. The zero-order valence-corrected chi connectivity index (χ0v) is 10.9. The minimum absolute atomic E-state index is 0.219. The summed E-state index contributed by atoms with van der Waals surface area (Å²) in [6.07, 6.45) is -3.13. The maximum atomic E-state index is 14.1. The van der Waals surface area contributed by atoms with E-state index in [1.807, 2.05) is 0 Å². The second kappa shape index (κ2) is 6.04. The Kier molecular flexibility index (Phi) is 5.24. The Bertz CT molecular complexity index is 242. The SMILES string of the molecule is COCCN1CCN(C(C)C(C)OC)C1(F)F. The van der Waals surface area contributed by atoms with Gasteiger partial charge in [0.15, 0.2) is 0 Å². The van der Waals surface area contributed by atoms with Gasteiger partial charge in [-0.3, -0.25) is 0 Å². The van der Waals surface area contributed by atoms with Gasteiger partial charge in [-0.2, -0.15) is 8.78 Å². The average Bonchev–Trinajstić information content (AvgIpc) is 2.59. The van der Waals surface area contributed by atoms with Crippen LogP contribution in [0.1, 0.15) is 13.8 Å². The zero-order valence-electron chi connectivity index (χ0n) is 10.9. The highest BCUT2D eigenvalue weighted by atomic mass is 19.3. The molecule has 2 atom stereocenters. The Labute approximate surface area is 101 Å². The molecule has 102 valence electrons. The summed E-state index contributed by atoms with van der Waals surface area (Å²) < 4.78 is 38.1. The van der Waals surface area contributed by atoms with Crippen molar-refractivity contribution >= 4 is 0 Å². The summed E-state index contributed by atoms with van der Waals surface area (Å²) >= 11 is 0. The number of hydrogen-bond acceptors (Lipinski definition) is 4. The zero-order chi connectivity index (χ0) is 13.1. The van der Waals surface area contributed by atoms with E-state index < -0.39 is 6.17 Å². The van der Waals surface area contributed by atoms with Gasteiger partial charge in [-0.1, -0.05) is 0 Å². The molecule has 0 N–H and O–H groups in total. The first-order chi connectivity index (χ1) is 7.95. The van der Waals surface area contributed by atoms with Gasteiger partial charge in [-0.25, -0.2) is 9.80 Å². The molecule has 0 aliphatic carbocycles. The molecule has 1 aliphatic rings. The molecule has 0 saturated carbocycles. The van der Waals surface area contributed by atoms with Crippen LogP contribution >= 0.6 is 0 Å². The van der Waals surface area contributed by atoms with Gasteiger partial charge in [0, 0.05) is 39.9 Å². The van der Waals surface area contributed by atoms with Crippen molar-refractivity contribution < 1.29 is 18.3 Å². The highest BCUT2D eigenvalue weighted by Gasteiger charge is 2.51. The van der Waals surface area contributed by atoms with Crippen LogP contribution < -0.4 is 0 Å². The number of nitrogens with zero attached hydrogens (tertiary/aromatic N) is 2. The van der Waals surface area contributed by atoms with Crippen LogP contribution in [0, 0.1) is 0 Å². The molecule has 0 aromatic rings. The fourth-order valence-electron chi connectivity index (χ4n) is 2.03. The van der Waals surface area contributed by atoms with Crippen molar-refractivity contribution in [1.29, 1.82) is 0 Å². The van der Waals surface area contributed by atoms with Crippen LogP contribution in [0.15, 0.2) is 0 Å². The highest BCUT2D eigenvalue weighted by Crippen LogP contribution is 2.32. The van der Waals surface area contributed by atoms with Crippen molar-refractivity contribution in [2.24, 2.45) is 0 Å². The minimum atomic E-state index is -2.91. The fourth-order valence-corrected chi connectivity index (χ4v) is 2.03. The van der Waals surface area contributed by atoms with Gasteiger partial charge in [0.2, 0.25) is 0 Å². The van der Waals surface area contributed by atoms with Crippen LogP contribution in [-0.2, 0) is 9.47 Å². The number of hydrogen-bond donors (Lipinski definition) is 0. The van der Waals surface area contributed by atoms with Gasteiger partial charge in [-0.05, 0) is 13.8 Å². The molecular weight excluding hydrogens is 230 g/mol. The third-order valence-corrected chi connectivity index (χ3v) is 3.44. The summed E-state index contributed by atoms with van der Waals surface area (Å²) in [4.78, 5) is 2.34. The van der Waals surface area contributed by atoms with Gasteiger partial charge >= 0.3 is 6.17 Å². The first-order valence-electron chi connectivity index (χ1n) is 5.86. The summed E-state index contributed by atoms with van der Waals surface area (Å²) in [7, 11) is 3.06. The molecule has 1 aliphatic heterocycles. The predicted octanol–water partition coefficient (Wildman–Crippen LogP) is 1.22. The Morgan fingerprint density at radius 1 is 1.24 bits per heavy atom. The van der Waals surface area contributed by atoms with Crippen LogP contribution in [0.5, 0.6) is 0 Å². The maximum absolute atomic E-state index is 14.1. The number of methoxy groups -OCH3 is 2. The average molecular weight is 252 g/mol. The van der Waals surface area contributed by atoms with Gasteiger partial charge in [0.05, 0.1) is 12.7 Å². The van der Waals surface area contributed by atoms with Crippen LogP contribution in [-0.4, -0.2) is 68.6 Å². The summed E-state index contributed by atoms with van der Waals surface area (Å²) in [5, 5.41) is 0. The normalized spacial score (nSPS) is 25.1. The number of alkyl halides is 2.